The highest BCUT2D eigenvalue weighted by molar-refractivity contribution is 6.33. The van der Waals surface area contributed by atoms with E-state index in [2.05, 4.69) is 35.8 Å². The molecule has 1 aliphatic rings. The number of anilines is 1. The summed E-state index contributed by atoms with van der Waals surface area (Å²) in [6, 6.07) is 8.11. The van der Waals surface area contributed by atoms with Crippen LogP contribution >= 0.6 is 11.6 Å². The van der Waals surface area contributed by atoms with Crippen LogP contribution in [0.5, 0.6) is 0 Å². The van der Waals surface area contributed by atoms with Crippen LogP contribution in [0.2, 0.25) is 5.02 Å². The van der Waals surface area contributed by atoms with Crippen LogP contribution in [0.25, 0.3) is 0 Å². The summed E-state index contributed by atoms with van der Waals surface area (Å²) in [4.78, 5) is 4.91. The lowest BCUT2D eigenvalue weighted by Gasteiger charge is -2.38. The van der Waals surface area contributed by atoms with Crippen molar-refractivity contribution in [3.8, 4) is 0 Å². The summed E-state index contributed by atoms with van der Waals surface area (Å²) in [5.74, 6) is 1.25. The number of nitrogens with two attached hydrogens (primary N) is 1. The second-order valence-corrected chi connectivity index (χ2v) is 6.39. The summed E-state index contributed by atoms with van der Waals surface area (Å²) < 4.78 is 0. The Balaban J connectivity index is 1.88. The van der Waals surface area contributed by atoms with Gasteiger partial charge in [-0.25, -0.2) is 0 Å². The van der Waals surface area contributed by atoms with Crippen molar-refractivity contribution >= 4 is 17.3 Å². The standard InChI is InChI=1S/C16H26ClN3/c1-13(2)14(11-18)12-19-7-9-20(10-8-19)16-6-4-3-5-15(16)17/h3-6,13-14H,7-12,18H2,1-2H3. The molecule has 0 saturated carbocycles. The number of nitrogens with zero attached hydrogens (tertiary/aromatic N) is 2. The number of benzene rings is 1. The zero-order valence-corrected chi connectivity index (χ0v) is 13.3. The van der Waals surface area contributed by atoms with E-state index in [9.17, 15) is 0 Å². The Morgan fingerprint density at radius 1 is 1.15 bits per heavy atom. The van der Waals surface area contributed by atoms with Crippen molar-refractivity contribution in [1.82, 2.24) is 4.90 Å². The van der Waals surface area contributed by atoms with Gasteiger partial charge < -0.3 is 10.6 Å². The third kappa shape index (κ3) is 3.87. The SMILES string of the molecule is CC(C)C(CN)CN1CCN(c2ccccc2Cl)CC1. The number of rotatable bonds is 5. The molecule has 0 aromatic heterocycles. The molecule has 0 radical (unpaired) electrons. The first-order valence-corrected chi connectivity index (χ1v) is 7.91. The van der Waals surface area contributed by atoms with Crippen molar-refractivity contribution in [2.75, 3.05) is 44.2 Å². The molecule has 1 aromatic carbocycles. The van der Waals surface area contributed by atoms with E-state index < -0.39 is 0 Å². The molecule has 1 heterocycles. The van der Waals surface area contributed by atoms with Gasteiger partial charge in [-0.2, -0.15) is 0 Å². The number of para-hydroxylation sites is 1. The first-order chi connectivity index (χ1) is 9.61. The fourth-order valence-electron chi connectivity index (χ4n) is 2.77. The highest BCUT2D eigenvalue weighted by Crippen LogP contribution is 2.26. The monoisotopic (exact) mass is 295 g/mol. The molecule has 4 heteroatoms. The van der Waals surface area contributed by atoms with Crippen LogP contribution in [0, 0.1) is 11.8 Å². The van der Waals surface area contributed by atoms with Gasteiger partial charge in [-0.3, -0.25) is 4.90 Å². The predicted octanol–water partition coefficient (Wildman–Crippen LogP) is 2.69. The fourth-order valence-corrected chi connectivity index (χ4v) is 3.02. The van der Waals surface area contributed by atoms with Crippen molar-refractivity contribution in [2.24, 2.45) is 17.6 Å². The van der Waals surface area contributed by atoms with Crippen molar-refractivity contribution < 1.29 is 0 Å². The summed E-state index contributed by atoms with van der Waals surface area (Å²) in [5.41, 5.74) is 7.03. The Labute approximate surface area is 127 Å². The Bertz CT molecular complexity index is 414. The average Bonchev–Trinajstić information content (AvgIpc) is 2.46. The second kappa shape index (κ2) is 7.30. The summed E-state index contributed by atoms with van der Waals surface area (Å²) in [6.07, 6.45) is 0. The molecule has 1 unspecified atom stereocenters. The maximum Gasteiger partial charge on any atom is 0.0639 e. The van der Waals surface area contributed by atoms with Crippen LogP contribution in [0.15, 0.2) is 24.3 Å². The quantitative estimate of drug-likeness (QED) is 0.906. The molecule has 3 nitrogen and oxygen atoms in total. The third-order valence-corrected chi connectivity index (χ3v) is 4.62. The van der Waals surface area contributed by atoms with Crippen molar-refractivity contribution in [3.05, 3.63) is 29.3 Å². The van der Waals surface area contributed by atoms with Crippen LogP contribution in [0.1, 0.15) is 13.8 Å². The minimum absolute atomic E-state index is 0.599. The molecule has 1 saturated heterocycles. The molecule has 0 amide bonds. The molecule has 0 spiro atoms. The van der Waals surface area contributed by atoms with Gasteiger partial charge in [-0.15, -0.1) is 0 Å². The molecule has 0 aliphatic carbocycles. The molecule has 2 N–H and O–H groups in total. The fraction of sp³-hybridized carbons (Fsp3) is 0.625. The number of hydrogen-bond acceptors (Lipinski definition) is 3. The topological polar surface area (TPSA) is 32.5 Å². The Kier molecular flexibility index (Phi) is 5.70. The van der Waals surface area contributed by atoms with E-state index in [-0.39, 0.29) is 0 Å². The molecule has 1 atom stereocenters. The maximum atomic E-state index is 6.27. The number of halogens is 1. The molecule has 1 fully saturated rings. The van der Waals surface area contributed by atoms with E-state index in [1.165, 1.54) is 0 Å². The summed E-state index contributed by atoms with van der Waals surface area (Å²) in [5, 5.41) is 0.850. The summed E-state index contributed by atoms with van der Waals surface area (Å²) in [7, 11) is 0. The molecule has 1 aliphatic heterocycles. The normalized spacial score (nSPS) is 18.6. The molecule has 1 aromatic rings. The van der Waals surface area contributed by atoms with Crippen LogP contribution < -0.4 is 10.6 Å². The molecular formula is C16H26ClN3. The van der Waals surface area contributed by atoms with Gasteiger partial charge in [0.2, 0.25) is 0 Å². The smallest absolute Gasteiger partial charge is 0.0639 e. The second-order valence-electron chi connectivity index (χ2n) is 5.98. The summed E-state index contributed by atoms with van der Waals surface area (Å²) >= 11 is 6.27. The Morgan fingerprint density at radius 2 is 1.80 bits per heavy atom. The largest absolute Gasteiger partial charge is 0.368 e. The first kappa shape index (κ1) is 15.6. The Morgan fingerprint density at radius 3 is 2.35 bits per heavy atom. The molecule has 0 bridgehead atoms. The van der Waals surface area contributed by atoms with Gasteiger partial charge in [-0.05, 0) is 30.5 Å². The lowest BCUT2D eigenvalue weighted by atomic mass is 9.95. The minimum atomic E-state index is 0.599. The van der Waals surface area contributed by atoms with E-state index in [0.717, 1.165) is 50.0 Å². The zero-order valence-electron chi connectivity index (χ0n) is 12.6. The third-order valence-electron chi connectivity index (χ3n) is 4.30. The number of hydrogen-bond donors (Lipinski definition) is 1. The van der Waals surface area contributed by atoms with Crippen LogP contribution in [0.3, 0.4) is 0 Å². The minimum Gasteiger partial charge on any atom is -0.368 e. The van der Waals surface area contributed by atoms with Crippen LogP contribution in [-0.2, 0) is 0 Å². The summed E-state index contributed by atoms with van der Waals surface area (Å²) in [6.45, 7) is 10.7. The van der Waals surface area contributed by atoms with E-state index >= 15 is 0 Å². The van der Waals surface area contributed by atoms with Crippen molar-refractivity contribution in [2.45, 2.75) is 13.8 Å². The molecule has 20 heavy (non-hydrogen) atoms. The molecule has 112 valence electrons. The number of piperazine rings is 1. The Hall–Kier alpha value is -0.770. The average molecular weight is 296 g/mol. The highest BCUT2D eigenvalue weighted by Gasteiger charge is 2.22. The van der Waals surface area contributed by atoms with E-state index in [4.69, 9.17) is 17.3 Å². The highest BCUT2D eigenvalue weighted by atomic mass is 35.5. The van der Waals surface area contributed by atoms with E-state index in [0.29, 0.717) is 11.8 Å². The zero-order chi connectivity index (χ0) is 14.5. The predicted molar refractivity (Wildman–Crippen MR) is 87.5 cm³/mol. The van der Waals surface area contributed by atoms with Gasteiger partial charge in [0.25, 0.3) is 0 Å². The molecule has 2 rings (SSSR count). The van der Waals surface area contributed by atoms with Crippen LogP contribution in [0.4, 0.5) is 5.69 Å². The van der Waals surface area contributed by atoms with Gasteiger partial charge in [0, 0.05) is 32.7 Å². The lowest BCUT2D eigenvalue weighted by molar-refractivity contribution is 0.195. The van der Waals surface area contributed by atoms with Gasteiger partial charge >= 0.3 is 0 Å². The van der Waals surface area contributed by atoms with Gasteiger partial charge in [0.15, 0.2) is 0 Å². The van der Waals surface area contributed by atoms with Crippen molar-refractivity contribution in [3.63, 3.8) is 0 Å². The lowest BCUT2D eigenvalue weighted by Crippen LogP contribution is -2.49. The van der Waals surface area contributed by atoms with Gasteiger partial charge in [0.05, 0.1) is 10.7 Å². The van der Waals surface area contributed by atoms with E-state index in [1.54, 1.807) is 0 Å². The van der Waals surface area contributed by atoms with E-state index in [1.807, 2.05) is 12.1 Å². The maximum absolute atomic E-state index is 6.27. The first-order valence-electron chi connectivity index (χ1n) is 7.53. The van der Waals surface area contributed by atoms with Gasteiger partial charge in [0.1, 0.15) is 0 Å². The van der Waals surface area contributed by atoms with Gasteiger partial charge in [-0.1, -0.05) is 37.6 Å². The van der Waals surface area contributed by atoms with Crippen LogP contribution in [-0.4, -0.2) is 44.2 Å². The molecular weight excluding hydrogens is 270 g/mol. The van der Waals surface area contributed by atoms with Crippen molar-refractivity contribution in [1.29, 1.82) is 0 Å².